The van der Waals surface area contributed by atoms with E-state index in [4.69, 9.17) is 5.73 Å². The summed E-state index contributed by atoms with van der Waals surface area (Å²) < 4.78 is 0. The molecule has 0 saturated carbocycles. The van der Waals surface area contributed by atoms with Crippen LogP contribution in [0.15, 0.2) is 5.10 Å². The van der Waals surface area contributed by atoms with Gasteiger partial charge in [-0.15, -0.1) is 0 Å². The fourth-order valence-electron chi connectivity index (χ4n) is 1.20. The normalized spacial score (nSPS) is 11.0. The molecule has 0 aliphatic carbocycles. The lowest BCUT2D eigenvalue weighted by Gasteiger charge is -2.05. The van der Waals surface area contributed by atoms with Crippen molar-refractivity contribution in [2.75, 3.05) is 0 Å². The van der Waals surface area contributed by atoms with Crippen molar-refractivity contribution in [3.63, 3.8) is 0 Å². The third kappa shape index (κ3) is 10.4. The van der Waals surface area contributed by atoms with Crippen LogP contribution in [0.2, 0.25) is 0 Å². The molecule has 1 amide bonds. The lowest BCUT2D eigenvalue weighted by atomic mass is 10.1. The molecule has 4 N–H and O–H groups in total. The zero-order valence-corrected chi connectivity index (χ0v) is 9.94. The summed E-state index contributed by atoms with van der Waals surface area (Å²) >= 11 is 0. The number of hydrazine groups is 1. The molecule has 0 aromatic rings. The minimum absolute atomic E-state index is 0.261. The monoisotopic (exact) mass is 245 g/mol. The van der Waals surface area contributed by atoms with Gasteiger partial charge < -0.3 is 5.73 Å². The molecule has 0 fully saturated rings. The van der Waals surface area contributed by atoms with Crippen LogP contribution in [0, 0.1) is 10.1 Å². The highest BCUT2D eigenvalue weighted by Gasteiger charge is 2.02. The van der Waals surface area contributed by atoms with Crippen molar-refractivity contribution in [3.8, 4) is 0 Å². The summed E-state index contributed by atoms with van der Waals surface area (Å²) in [4.78, 5) is 21.1. The number of nitrogens with zero attached hydrogens (tertiary/aromatic N) is 2. The standard InChI is InChI=1S/C9H19N5O3/c1-2-3-4-5-6-7-8(15)11-12-9(10)13-14(16)17/h2-7H2,1H3,(H,11,15)(H3,10,12,13). The van der Waals surface area contributed by atoms with E-state index in [1.54, 1.807) is 0 Å². The summed E-state index contributed by atoms with van der Waals surface area (Å²) in [6, 6.07) is 0. The van der Waals surface area contributed by atoms with Gasteiger partial charge in [0.2, 0.25) is 5.91 Å². The van der Waals surface area contributed by atoms with E-state index < -0.39 is 11.0 Å². The topological polar surface area (TPSA) is 123 Å². The molecule has 17 heavy (non-hydrogen) atoms. The average molecular weight is 245 g/mol. The predicted molar refractivity (Wildman–Crippen MR) is 63.3 cm³/mol. The molecule has 0 radical (unpaired) electrons. The number of hydrogen-bond donors (Lipinski definition) is 3. The van der Waals surface area contributed by atoms with Crippen LogP contribution in [0.25, 0.3) is 0 Å². The maximum atomic E-state index is 11.2. The minimum Gasteiger partial charge on any atom is -0.363 e. The summed E-state index contributed by atoms with van der Waals surface area (Å²) in [5, 5.41) is 11.7. The van der Waals surface area contributed by atoms with Gasteiger partial charge in [-0.25, -0.2) is 10.1 Å². The molecule has 8 nitrogen and oxygen atoms in total. The van der Waals surface area contributed by atoms with Crippen molar-refractivity contribution in [1.82, 2.24) is 10.9 Å². The van der Waals surface area contributed by atoms with E-state index >= 15 is 0 Å². The molecular formula is C9H19N5O3. The summed E-state index contributed by atoms with van der Waals surface area (Å²) in [6.45, 7) is 2.12. The van der Waals surface area contributed by atoms with Crippen molar-refractivity contribution in [2.24, 2.45) is 10.8 Å². The van der Waals surface area contributed by atoms with Crippen molar-refractivity contribution >= 4 is 11.9 Å². The van der Waals surface area contributed by atoms with Gasteiger partial charge in [-0.3, -0.25) is 15.6 Å². The smallest absolute Gasteiger partial charge is 0.284 e. The van der Waals surface area contributed by atoms with Gasteiger partial charge in [0.05, 0.1) is 0 Å². The van der Waals surface area contributed by atoms with Gasteiger partial charge in [-0.05, 0) is 6.42 Å². The molecule has 0 aromatic heterocycles. The maximum Gasteiger partial charge on any atom is 0.284 e. The van der Waals surface area contributed by atoms with Gasteiger partial charge in [0.1, 0.15) is 5.10 Å². The van der Waals surface area contributed by atoms with Crippen LogP contribution < -0.4 is 16.6 Å². The number of carbonyl (C=O) groups is 1. The number of nitrogens with two attached hydrogens (primary N) is 1. The molecule has 0 rings (SSSR count). The highest BCUT2D eigenvalue weighted by molar-refractivity contribution is 5.82. The van der Waals surface area contributed by atoms with Crippen LogP contribution in [0.4, 0.5) is 0 Å². The first-order valence-electron chi connectivity index (χ1n) is 5.59. The van der Waals surface area contributed by atoms with Gasteiger partial charge in [-0.2, -0.15) is 0 Å². The lowest BCUT2D eigenvalue weighted by molar-refractivity contribution is -0.485. The van der Waals surface area contributed by atoms with E-state index in [0.717, 1.165) is 25.7 Å². The second-order valence-electron chi connectivity index (χ2n) is 3.56. The van der Waals surface area contributed by atoms with Crippen LogP contribution in [0.1, 0.15) is 45.4 Å². The van der Waals surface area contributed by atoms with Crippen molar-refractivity contribution in [2.45, 2.75) is 45.4 Å². The SMILES string of the molecule is CCCCCCCC(=O)NNC(N)=N[N+](=O)[O-]. The molecule has 0 aliphatic rings. The van der Waals surface area contributed by atoms with Crippen LogP contribution in [0.3, 0.4) is 0 Å². The largest absolute Gasteiger partial charge is 0.363 e. The molecule has 0 atom stereocenters. The molecule has 0 saturated heterocycles. The van der Waals surface area contributed by atoms with Crippen LogP contribution in [-0.2, 0) is 4.79 Å². The average Bonchev–Trinajstić information content (AvgIpc) is 2.25. The number of rotatable bonds is 7. The second kappa shape index (κ2) is 9.37. The molecule has 0 unspecified atom stereocenters. The maximum absolute atomic E-state index is 11.2. The van der Waals surface area contributed by atoms with E-state index in [1.165, 1.54) is 6.42 Å². The Balaban J connectivity index is 3.56. The molecule has 8 heteroatoms. The Morgan fingerprint density at radius 1 is 1.29 bits per heavy atom. The molecular weight excluding hydrogens is 226 g/mol. The Bertz CT molecular complexity index is 280. The van der Waals surface area contributed by atoms with Gasteiger partial charge in [0.15, 0.2) is 5.03 Å². The molecule has 98 valence electrons. The summed E-state index contributed by atoms with van der Waals surface area (Å²) in [5.41, 5.74) is 9.48. The number of hydrazone groups is 1. The van der Waals surface area contributed by atoms with E-state index in [2.05, 4.69) is 22.9 Å². The molecule has 0 heterocycles. The van der Waals surface area contributed by atoms with Crippen molar-refractivity contribution in [1.29, 1.82) is 0 Å². The molecule has 0 aliphatic heterocycles. The van der Waals surface area contributed by atoms with Gasteiger partial charge in [-0.1, -0.05) is 32.6 Å². The van der Waals surface area contributed by atoms with Gasteiger partial charge in [0, 0.05) is 6.42 Å². The predicted octanol–water partition coefficient (Wildman–Crippen LogP) is 0.474. The lowest BCUT2D eigenvalue weighted by Crippen LogP contribution is -2.45. The number of nitro groups is 1. The Labute approximate surface area is 99.7 Å². The third-order valence-electron chi connectivity index (χ3n) is 2.03. The van der Waals surface area contributed by atoms with Crippen LogP contribution in [0.5, 0.6) is 0 Å². The zero-order chi connectivity index (χ0) is 13.1. The van der Waals surface area contributed by atoms with Crippen LogP contribution >= 0.6 is 0 Å². The van der Waals surface area contributed by atoms with E-state index in [1.807, 2.05) is 0 Å². The molecule has 0 spiro atoms. The van der Waals surface area contributed by atoms with Crippen molar-refractivity contribution in [3.05, 3.63) is 10.1 Å². The fraction of sp³-hybridized carbons (Fsp3) is 0.778. The first-order valence-corrected chi connectivity index (χ1v) is 5.59. The molecule has 0 aromatic carbocycles. The highest BCUT2D eigenvalue weighted by Crippen LogP contribution is 2.04. The number of unbranched alkanes of at least 4 members (excludes halogenated alkanes) is 4. The number of hydrogen-bond acceptors (Lipinski definition) is 3. The first kappa shape index (κ1) is 15.1. The summed E-state index contributed by atoms with van der Waals surface area (Å²) in [6.07, 6.45) is 5.59. The second-order valence-corrected chi connectivity index (χ2v) is 3.56. The first-order chi connectivity index (χ1) is 8.06. The Morgan fingerprint density at radius 3 is 2.53 bits per heavy atom. The highest BCUT2D eigenvalue weighted by atomic mass is 16.7. The minimum atomic E-state index is -0.945. The fourth-order valence-corrected chi connectivity index (χ4v) is 1.20. The summed E-state index contributed by atoms with van der Waals surface area (Å²) in [5.74, 6) is -0.711. The van der Waals surface area contributed by atoms with Gasteiger partial charge >= 0.3 is 0 Å². The Morgan fingerprint density at radius 2 is 1.94 bits per heavy atom. The van der Waals surface area contributed by atoms with Crippen molar-refractivity contribution < 1.29 is 9.83 Å². The quantitative estimate of drug-likeness (QED) is 0.198. The number of nitrogens with one attached hydrogen (secondary N) is 2. The van der Waals surface area contributed by atoms with Gasteiger partial charge in [0.25, 0.3) is 5.96 Å². The summed E-state index contributed by atoms with van der Waals surface area (Å²) in [7, 11) is 0. The van der Waals surface area contributed by atoms with E-state index in [9.17, 15) is 14.9 Å². The van der Waals surface area contributed by atoms with E-state index in [-0.39, 0.29) is 5.91 Å². The molecule has 0 bridgehead atoms. The van der Waals surface area contributed by atoms with E-state index in [0.29, 0.717) is 6.42 Å². The van der Waals surface area contributed by atoms with Crippen LogP contribution in [-0.4, -0.2) is 16.9 Å². The number of guanidine groups is 1. The number of amides is 1. The number of carbonyl (C=O) groups excluding carboxylic acids is 1. The zero-order valence-electron chi connectivity index (χ0n) is 9.94. The third-order valence-corrected chi connectivity index (χ3v) is 2.03. The Kier molecular flexibility index (Phi) is 8.35. The Hall–Kier alpha value is -1.86.